The Morgan fingerprint density at radius 1 is 1.08 bits per heavy atom. The van der Waals surface area contributed by atoms with E-state index in [2.05, 4.69) is 10.2 Å². The average Bonchev–Trinajstić information content (AvgIpc) is 2.56. The summed E-state index contributed by atoms with van der Waals surface area (Å²) in [7, 11) is 0. The molecule has 1 N–H and O–H groups in total. The molecule has 4 nitrogen and oxygen atoms in total. The van der Waals surface area contributed by atoms with Crippen molar-refractivity contribution in [1.29, 1.82) is 0 Å². The first kappa shape index (κ1) is 17.0. The Labute approximate surface area is 147 Å². The van der Waals surface area contributed by atoms with Gasteiger partial charge in [-0.3, -0.25) is 9.69 Å². The van der Waals surface area contributed by atoms with E-state index >= 15 is 0 Å². The Hall–Kier alpha value is -1.88. The maximum Gasteiger partial charge on any atom is 0.228 e. The van der Waals surface area contributed by atoms with Gasteiger partial charge in [0.25, 0.3) is 0 Å². The van der Waals surface area contributed by atoms with Crippen LogP contribution in [0.5, 0.6) is 0 Å². The van der Waals surface area contributed by atoms with Gasteiger partial charge in [0.05, 0.1) is 19.6 Å². The van der Waals surface area contributed by atoms with Crippen molar-refractivity contribution in [3.8, 4) is 0 Å². The minimum atomic E-state index is -0.0409. The quantitative estimate of drug-likeness (QED) is 0.904. The second-order valence-electron chi connectivity index (χ2n) is 5.95. The van der Waals surface area contributed by atoms with Gasteiger partial charge in [-0.25, -0.2) is 0 Å². The fourth-order valence-electron chi connectivity index (χ4n) is 2.82. The van der Waals surface area contributed by atoms with Crippen LogP contribution in [0.25, 0.3) is 0 Å². The number of carbonyl (C=O) groups excluding carboxylic acids is 1. The molecule has 0 aliphatic carbocycles. The number of hydrogen-bond donors (Lipinski definition) is 1. The molecular weight excluding hydrogens is 324 g/mol. The largest absolute Gasteiger partial charge is 0.379 e. The van der Waals surface area contributed by atoms with Crippen molar-refractivity contribution in [1.82, 2.24) is 4.90 Å². The van der Waals surface area contributed by atoms with Gasteiger partial charge in [0.15, 0.2) is 0 Å². The highest BCUT2D eigenvalue weighted by Gasteiger charge is 2.12. The smallest absolute Gasteiger partial charge is 0.228 e. The van der Waals surface area contributed by atoms with Gasteiger partial charge in [-0.1, -0.05) is 41.9 Å². The van der Waals surface area contributed by atoms with Crippen LogP contribution in [-0.2, 0) is 22.5 Å². The lowest BCUT2D eigenvalue weighted by atomic mass is 10.1. The molecule has 126 valence electrons. The maximum atomic E-state index is 12.2. The van der Waals surface area contributed by atoms with E-state index in [9.17, 15) is 4.79 Å². The van der Waals surface area contributed by atoms with Crippen LogP contribution in [0.3, 0.4) is 0 Å². The summed E-state index contributed by atoms with van der Waals surface area (Å²) in [5.74, 6) is -0.0409. The summed E-state index contributed by atoms with van der Waals surface area (Å²) < 4.78 is 5.37. The van der Waals surface area contributed by atoms with E-state index in [1.807, 2.05) is 42.5 Å². The van der Waals surface area contributed by atoms with Crippen molar-refractivity contribution in [3.63, 3.8) is 0 Å². The lowest BCUT2D eigenvalue weighted by Crippen LogP contribution is -2.35. The Balaban J connectivity index is 1.63. The molecule has 0 atom stereocenters. The highest BCUT2D eigenvalue weighted by atomic mass is 35.5. The van der Waals surface area contributed by atoms with Gasteiger partial charge < -0.3 is 10.1 Å². The number of halogens is 1. The summed E-state index contributed by atoms with van der Waals surface area (Å²) in [5.41, 5.74) is 2.83. The number of amides is 1. The van der Waals surface area contributed by atoms with Crippen LogP contribution in [0.4, 0.5) is 5.69 Å². The number of ether oxygens (including phenoxy) is 1. The van der Waals surface area contributed by atoms with Crippen LogP contribution >= 0.6 is 11.6 Å². The number of anilines is 1. The molecular formula is C19H21ClN2O2. The molecule has 3 rings (SSSR count). The number of morpholine rings is 1. The first-order valence-corrected chi connectivity index (χ1v) is 8.50. The molecule has 0 aromatic heterocycles. The van der Waals surface area contributed by atoms with E-state index < -0.39 is 0 Å². The number of carbonyl (C=O) groups is 1. The summed E-state index contributed by atoms with van der Waals surface area (Å²) in [6, 6.07) is 15.4. The van der Waals surface area contributed by atoms with E-state index in [0.29, 0.717) is 11.4 Å². The first-order chi connectivity index (χ1) is 11.7. The highest BCUT2D eigenvalue weighted by Crippen LogP contribution is 2.21. The number of rotatable bonds is 5. The Morgan fingerprint density at radius 3 is 2.58 bits per heavy atom. The van der Waals surface area contributed by atoms with E-state index in [4.69, 9.17) is 16.3 Å². The topological polar surface area (TPSA) is 41.6 Å². The van der Waals surface area contributed by atoms with Gasteiger partial charge in [0.2, 0.25) is 5.91 Å². The second kappa shape index (κ2) is 8.29. The highest BCUT2D eigenvalue weighted by molar-refractivity contribution is 6.31. The van der Waals surface area contributed by atoms with Gasteiger partial charge in [0, 0.05) is 30.3 Å². The molecule has 1 aliphatic heterocycles. The van der Waals surface area contributed by atoms with Crippen molar-refractivity contribution in [2.24, 2.45) is 0 Å². The van der Waals surface area contributed by atoms with Crippen molar-refractivity contribution < 1.29 is 9.53 Å². The Morgan fingerprint density at radius 2 is 1.83 bits per heavy atom. The van der Waals surface area contributed by atoms with Crippen LogP contribution in [-0.4, -0.2) is 37.1 Å². The van der Waals surface area contributed by atoms with Crippen molar-refractivity contribution in [3.05, 3.63) is 64.7 Å². The van der Waals surface area contributed by atoms with E-state index in [1.165, 1.54) is 0 Å². The van der Waals surface area contributed by atoms with Crippen LogP contribution in [0.15, 0.2) is 48.5 Å². The molecule has 0 saturated carbocycles. The van der Waals surface area contributed by atoms with Gasteiger partial charge in [-0.05, 0) is 29.3 Å². The lowest BCUT2D eigenvalue weighted by Gasteiger charge is -2.26. The molecule has 1 aliphatic rings. The molecule has 5 heteroatoms. The molecule has 1 amide bonds. The predicted octanol–water partition coefficient (Wildman–Crippen LogP) is 3.35. The van der Waals surface area contributed by atoms with Crippen molar-refractivity contribution >= 4 is 23.2 Å². The molecule has 2 aromatic carbocycles. The van der Waals surface area contributed by atoms with Gasteiger partial charge in [-0.2, -0.15) is 0 Å². The summed E-state index contributed by atoms with van der Waals surface area (Å²) in [5, 5.41) is 3.58. The van der Waals surface area contributed by atoms with Crippen molar-refractivity contribution in [2.45, 2.75) is 13.0 Å². The van der Waals surface area contributed by atoms with E-state index in [1.54, 1.807) is 6.07 Å². The molecule has 0 bridgehead atoms. The normalized spacial score (nSPS) is 15.2. The molecule has 1 heterocycles. The summed E-state index contributed by atoms with van der Waals surface area (Å²) in [6.07, 6.45) is 0.353. The van der Waals surface area contributed by atoms with Gasteiger partial charge in [-0.15, -0.1) is 0 Å². The van der Waals surface area contributed by atoms with Gasteiger partial charge >= 0.3 is 0 Å². The molecule has 0 unspecified atom stereocenters. The zero-order chi connectivity index (χ0) is 16.8. The second-order valence-corrected chi connectivity index (χ2v) is 6.38. The number of nitrogens with one attached hydrogen (secondary N) is 1. The molecule has 2 aromatic rings. The summed E-state index contributed by atoms with van der Waals surface area (Å²) in [6.45, 7) is 4.18. The van der Waals surface area contributed by atoms with E-state index in [-0.39, 0.29) is 5.91 Å². The third-order valence-electron chi connectivity index (χ3n) is 3.96. The Kier molecular flexibility index (Phi) is 5.86. The van der Waals surface area contributed by atoms with Crippen LogP contribution in [0, 0.1) is 0 Å². The fraction of sp³-hybridized carbons (Fsp3) is 0.316. The Bertz CT molecular complexity index is 685. The average molecular weight is 345 g/mol. The molecule has 1 saturated heterocycles. The first-order valence-electron chi connectivity index (χ1n) is 8.12. The summed E-state index contributed by atoms with van der Waals surface area (Å²) in [4.78, 5) is 14.5. The number of benzene rings is 2. The number of nitrogens with zero attached hydrogens (tertiary/aromatic N) is 1. The lowest BCUT2D eigenvalue weighted by molar-refractivity contribution is -0.115. The standard InChI is InChI=1S/C19H21ClN2O2/c20-17-10-16(14-22-6-8-24-9-7-22)11-18(13-17)21-19(23)12-15-4-2-1-3-5-15/h1-5,10-11,13H,6-9,12,14H2,(H,21,23). The van der Waals surface area contributed by atoms with Crippen LogP contribution < -0.4 is 5.32 Å². The monoisotopic (exact) mass is 344 g/mol. The molecule has 0 radical (unpaired) electrons. The van der Waals surface area contributed by atoms with E-state index in [0.717, 1.165) is 49.7 Å². The van der Waals surface area contributed by atoms with Crippen molar-refractivity contribution in [2.75, 3.05) is 31.6 Å². The SMILES string of the molecule is O=C(Cc1ccccc1)Nc1cc(Cl)cc(CN2CCOCC2)c1. The number of hydrogen-bond acceptors (Lipinski definition) is 3. The molecule has 0 spiro atoms. The maximum absolute atomic E-state index is 12.2. The zero-order valence-corrected chi connectivity index (χ0v) is 14.3. The minimum Gasteiger partial charge on any atom is -0.379 e. The van der Waals surface area contributed by atoms with Gasteiger partial charge in [0.1, 0.15) is 0 Å². The summed E-state index contributed by atoms with van der Waals surface area (Å²) >= 11 is 6.22. The third kappa shape index (κ3) is 5.06. The molecule has 1 fully saturated rings. The minimum absolute atomic E-state index is 0.0409. The van der Waals surface area contributed by atoms with Crippen LogP contribution in [0.1, 0.15) is 11.1 Å². The predicted molar refractivity (Wildman–Crippen MR) is 96.3 cm³/mol. The fourth-order valence-corrected chi connectivity index (χ4v) is 3.08. The molecule has 24 heavy (non-hydrogen) atoms. The van der Waals surface area contributed by atoms with Crippen LogP contribution in [0.2, 0.25) is 5.02 Å². The zero-order valence-electron chi connectivity index (χ0n) is 13.5. The third-order valence-corrected chi connectivity index (χ3v) is 4.18.